The van der Waals surface area contributed by atoms with Crippen LogP contribution in [0.4, 0.5) is 0 Å². The zero-order valence-corrected chi connectivity index (χ0v) is 12.9. The van der Waals surface area contributed by atoms with E-state index in [0.717, 1.165) is 11.5 Å². The number of hydrogen-bond donors (Lipinski definition) is 0. The fourth-order valence-electron chi connectivity index (χ4n) is 2.20. The van der Waals surface area contributed by atoms with Gasteiger partial charge < -0.3 is 4.74 Å². The molecule has 0 aliphatic heterocycles. The maximum Gasteiger partial charge on any atom is 0.360 e. The fourth-order valence-corrected chi connectivity index (χ4v) is 2.20. The summed E-state index contributed by atoms with van der Waals surface area (Å²) in [4.78, 5) is 16.0. The fraction of sp³-hybridized carbons (Fsp3) is 0.615. The molecule has 2 aromatic rings. The van der Waals surface area contributed by atoms with Gasteiger partial charge in [-0.3, -0.25) is 0 Å². The lowest BCUT2D eigenvalue weighted by molar-refractivity contribution is 0.0592. The molecule has 0 unspecified atom stereocenters. The van der Waals surface area contributed by atoms with E-state index in [1.807, 2.05) is 32.4 Å². The SMILES string of the molecule is COC(=O)c1nnn(Cc2ncnn2C(C)C)c1C(C)C. The number of esters is 1. The molecule has 0 saturated heterocycles. The number of methoxy groups -OCH3 is 1. The van der Waals surface area contributed by atoms with Gasteiger partial charge in [0.2, 0.25) is 0 Å². The summed E-state index contributed by atoms with van der Waals surface area (Å²) >= 11 is 0. The van der Waals surface area contributed by atoms with Crippen LogP contribution in [0.25, 0.3) is 0 Å². The van der Waals surface area contributed by atoms with Gasteiger partial charge in [-0.05, 0) is 19.8 Å². The molecule has 8 nitrogen and oxygen atoms in total. The highest BCUT2D eigenvalue weighted by molar-refractivity contribution is 5.88. The van der Waals surface area contributed by atoms with E-state index in [1.165, 1.54) is 13.4 Å². The van der Waals surface area contributed by atoms with E-state index >= 15 is 0 Å². The summed E-state index contributed by atoms with van der Waals surface area (Å²) < 4.78 is 8.25. The van der Waals surface area contributed by atoms with Gasteiger partial charge in [0, 0.05) is 6.04 Å². The number of hydrogen-bond acceptors (Lipinski definition) is 6. The summed E-state index contributed by atoms with van der Waals surface area (Å²) in [6.45, 7) is 8.44. The van der Waals surface area contributed by atoms with Gasteiger partial charge in [0.05, 0.1) is 12.8 Å². The molecule has 0 aliphatic rings. The Hall–Kier alpha value is -2.25. The van der Waals surface area contributed by atoms with Gasteiger partial charge in [0.15, 0.2) is 5.69 Å². The second kappa shape index (κ2) is 6.02. The molecule has 0 bridgehead atoms. The monoisotopic (exact) mass is 292 g/mol. The maximum atomic E-state index is 11.8. The summed E-state index contributed by atoms with van der Waals surface area (Å²) in [6, 6.07) is 0.202. The average molecular weight is 292 g/mol. The van der Waals surface area contributed by atoms with Gasteiger partial charge in [0.1, 0.15) is 18.7 Å². The van der Waals surface area contributed by atoms with Crippen molar-refractivity contribution in [2.75, 3.05) is 7.11 Å². The summed E-state index contributed by atoms with van der Waals surface area (Å²) in [5, 5.41) is 12.2. The molecule has 0 N–H and O–H groups in total. The quantitative estimate of drug-likeness (QED) is 0.774. The van der Waals surface area contributed by atoms with Gasteiger partial charge in [-0.25, -0.2) is 19.1 Å². The van der Waals surface area contributed by atoms with Crippen molar-refractivity contribution in [3.05, 3.63) is 23.5 Å². The Morgan fingerprint density at radius 2 is 2.05 bits per heavy atom. The van der Waals surface area contributed by atoms with Crippen LogP contribution in [0.15, 0.2) is 6.33 Å². The van der Waals surface area contributed by atoms with E-state index in [2.05, 4.69) is 20.4 Å². The van der Waals surface area contributed by atoms with Crippen LogP contribution in [0, 0.1) is 0 Å². The lowest BCUT2D eigenvalue weighted by Gasteiger charge is -2.12. The molecule has 0 atom stereocenters. The van der Waals surface area contributed by atoms with E-state index < -0.39 is 5.97 Å². The molecular weight excluding hydrogens is 272 g/mol. The van der Waals surface area contributed by atoms with Crippen molar-refractivity contribution in [3.8, 4) is 0 Å². The number of carbonyl (C=O) groups excluding carboxylic acids is 1. The number of aromatic nitrogens is 6. The third kappa shape index (κ3) is 2.93. The number of nitrogens with zero attached hydrogens (tertiary/aromatic N) is 6. The predicted molar refractivity (Wildman–Crippen MR) is 75.0 cm³/mol. The van der Waals surface area contributed by atoms with E-state index in [9.17, 15) is 4.79 Å². The zero-order valence-electron chi connectivity index (χ0n) is 12.9. The van der Waals surface area contributed by atoms with E-state index in [-0.39, 0.29) is 17.7 Å². The summed E-state index contributed by atoms with van der Waals surface area (Å²) in [6.07, 6.45) is 1.52. The molecule has 0 aromatic carbocycles. The average Bonchev–Trinajstić information content (AvgIpc) is 3.04. The van der Waals surface area contributed by atoms with E-state index in [4.69, 9.17) is 4.74 Å². The third-order valence-corrected chi connectivity index (χ3v) is 3.13. The topological polar surface area (TPSA) is 87.7 Å². The van der Waals surface area contributed by atoms with Crippen molar-refractivity contribution in [2.24, 2.45) is 0 Å². The molecule has 114 valence electrons. The summed E-state index contributed by atoms with van der Waals surface area (Å²) in [5.41, 5.74) is 0.989. The van der Waals surface area contributed by atoms with Crippen LogP contribution in [0.2, 0.25) is 0 Å². The van der Waals surface area contributed by atoms with Crippen LogP contribution in [0.3, 0.4) is 0 Å². The predicted octanol–water partition coefficient (Wildman–Crippen LogP) is 1.41. The Morgan fingerprint density at radius 1 is 1.33 bits per heavy atom. The van der Waals surface area contributed by atoms with Crippen LogP contribution in [0.5, 0.6) is 0 Å². The van der Waals surface area contributed by atoms with Crippen molar-refractivity contribution < 1.29 is 9.53 Å². The third-order valence-electron chi connectivity index (χ3n) is 3.13. The molecule has 0 radical (unpaired) electrons. The van der Waals surface area contributed by atoms with Crippen molar-refractivity contribution >= 4 is 5.97 Å². The first kappa shape index (κ1) is 15.1. The molecule has 0 aliphatic carbocycles. The normalized spacial score (nSPS) is 11.4. The zero-order chi connectivity index (χ0) is 15.6. The molecule has 0 fully saturated rings. The van der Waals surface area contributed by atoms with E-state index in [0.29, 0.717) is 6.54 Å². The molecule has 2 aromatic heterocycles. The van der Waals surface area contributed by atoms with Crippen molar-refractivity contribution in [1.82, 2.24) is 29.8 Å². The minimum Gasteiger partial charge on any atom is -0.464 e. The van der Waals surface area contributed by atoms with Crippen LogP contribution >= 0.6 is 0 Å². The van der Waals surface area contributed by atoms with Crippen LogP contribution < -0.4 is 0 Å². The van der Waals surface area contributed by atoms with Crippen LogP contribution in [0.1, 0.15) is 61.7 Å². The minimum absolute atomic E-state index is 0.0875. The molecule has 0 spiro atoms. The van der Waals surface area contributed by atoms with Crippen LogP contribution in [-0.4, -0.2) is 42.8 Å². The molecule has 2 rings (SSSR count). The largest absolute Gasteiger partial charge is 0.464 e. The first-order chi connectivity index (χ1) is 9.95. The standard InChI is InChI=1S/C13H20N6O2/c1-8(2)12-11(13(20)21-5)16-17-18(12)6-10-14-7-15-19(10)9(3)4/h7-9H,6H2,1-5H3. The number of ether oxygens (including phenoxy) is 1. The second-order valence-electron chi connectivity index (χ2n) is 5.34. The highest BCUT2D eigenvalue weighted by Gasteiger charge is 2.23. The highest BCUT2D eigenvalue weighted by Crippen LogP contribution is 2.19. The molecule has 21 heavy (non-hydrogen) atoms. The Balaban J connectivity index is 2.38. The Kier molecular flexibility index (Phi) is 4.35. The highest BCUT2D eigenvalue weighted by atomic mass is 16.5. The molecule has 0 amide bonds. The molecule has 2 heterocycles. The Bertz CT molecular complexity index is 628. The first-order valence-corrected chi connectivity index (χ1v) is 6.85. The van der Waals surface area contributed by atoms with Crippen molar-refractivity contribution in [2.45, 2.75) is 46.2 Å². The molecule has 0 saturated carbocycles. The van der Waals surface area contributed by atoms with Crippen LogP contribution in [-0.2, 0) is 11.3 Å². The lowest BCUT2D eigenvalue weighted by atomic mass is 10.1. The number of rotatable bonds is 5. The van der Waals surface area contributed by atoms with Gasteiger partial charge in [-0.15, -0.1) is 5.10 Å². The smallest absolute Gasteiger partial charge is 0.360 e. The van der Waals surface area contributed by atoms with Gasteiger partial charge >= 0.3 is 5.97 Å². The van der Waals surface area contributed by atoms with Gasteiger partial charge in [-0.1, -0.05) is 19.1 Å². The van der Waals surface area contributed by atoms with Gasteiger partial charge in [0.25, 0.3) is 0 Å². The number of carbonyl (C=O) groups is 1. The first-order valence-electron chi connectivity index (χ1n) is 6.85. The van der Waals surface area contributed by atoms with Crippen molar-refractivity contribution in [3.63, 3.8) is 0 Å². The van der Waals surface area contributed by atoms with E-state index in [1.54, 1.807) is 4.68 Å². The summed E-state index contributed by atoms with van der Waals surface area (Å²) in [5.74, 6) is 0.382. The lowest BCUT2D eigenvalue weighted by Crippen LogP contribution is -2.16. The Morgan fingerprint density at radius 3 is 2.62 bits per heavy atom. The van der Waals surface area contributed by atoms with Gasteiger partial charge in [-0.2, -0.15) is 5.10 Å². The Labute approximate surface area is 123 Å². The van der Waals surface area contributed by atoms with Crippen molar-refractivity contribution in [1.29, 1.82) is 0 Å². The second-order valence-corrected chi connectivity index (χ2v) is 5.34. The summed E-state index contributed by atoms with van der Waals surface area (Å²) in [7, 11) is 1.33. The molecular formula is C13H20N6O2. The molecule has 8 heteroatoms. The maximum absolute atomic E-state index is 11.8. The minimum atomic E-state index is -0.477.